The smallest absolute Gasteiger partial charge is 0.328 e. The molecule has 0 spiro atoms. The molecule has 6 nitrogen and oxygen atoms in total. The van der Waals surface area contributed by atoms with Gasteiger partial charge in [0, 0.05) is 7.11 Å². The molecule has 1 unspecified atom stereocenters. The van der Waals surface area contributed by atoms with Crippen LogP contribution in [0, 0.1) is 0 Å². The van der Waals surface area contributed by atoms with Crippen LogP contribution in [0.2, 0.25) is 0 Å². The van der Waals surface area contributed by atoms with Crippen molar-refractivity contribution < 1.29 is 37.0 Å². The van der Waals surface area contributed by atoms with Gasteiger partial charge in [-0.3, -0.25) is 0 Å². The molecule has 0 heterocycles. The van der Waals surface area contributed by atoms with Crippen molar-refractivity contribution in [2.75, 3.05) is 20.3 Å². The summed E-state index contributed by atoms with van der Waals surface area (Å²) >= 11 is 0. The highest BCUT2D eigenvalue weighted by molar-refractivity contribution is 5.82. The molecule has 0 bridgehead atoms. The largest absolute Gasteiger partial charge is 0.480 e. The van der Waals surface area contributed by atoms with E-state index in [1.54, 1.807) is 5.32 Å². The highest BCUT2D eigenvalue weighted by Crippen LogP contribution is 2.21. The molecule has 0 saturated carbocycles. The number of amides is 2. The van der Waals surface area contributed by atoms with E-state index >= 15 is 0 Å². The zero-order valence-corrected chi connectivity index (χ0v) is 9.25. The van der Waals surface area contributed by atoms with Gasteiger partial charge in [-0.2, -0.15) is 8.78 Å². The lowest BCUT2D eigenvalue weighted by molar-refractivity contribution is -0.140. The van der Waals surface area contributed by atoms with Crippen molar-refractivity contribution >= 4 is 12.0 Å². The Hall–Kier alpha value is -1.58. The maximum absolute atomic E-state index is 12.4. The van der Waals surface area contributed by atoms with E-state index in [-0.39, 0.29) is 0 Å². The lowest BCUT2D eigenvalue weighted by Crippen LogP contribution is -2.51. The molecule has 106 valence electrons. The van der Waals surface area contributed by atoms with Crippen molar-refractivity contribution in [2.24, 2.45) is 0 Å². The maximum atomic E-state index is 12.4. The van der Waals surface area contributed by atoms with Gasteiger partial charge in [-0.1, -0.05) is 0 Å². The molecular formula is C8H12F4N2O4. The molecule has 0 radical (unpaired) electrons. The van der Waals surface area contributed by atoms with Crippen LogP contribution in [0.1, 0.15) is 0 Å². The van der Waals surface area contributed by atoms with Crippen LogP contribution < -0.4 is 10.6 Å². The van der Waals surface area contributed by atoms with Gasteiger partial charge in [-0.25, -0.2) is 18.4 Å². The van der Waals surface area contributed by atoms with Crippen LogP contribution in [0.25, 0.3) is 0 Å². The molecule has 3 N–H and O–H groups in total. The van der Waals surface area contributed by atoms with E-state index in [0.29, 0.717) is 0 Å². The molecule has 0 aliphatic heterocycles. The minimum atomic E-state index is -4.38. The third kappa shape index (κ3) is 5.66. The maximum Gasteiger partial charge on any atom is 0.328 e. The molecule has 0 rings (SSSR count). The lowest BCUT2D eigenvalue weighted by atomic mass is 10.3. The standard InChI is InChI=1S/C8H12F4N2O4/c1-18-2-4(5(15)16)14-7(17)13-3-8(11,12)6(9)10/h4,6H,2-3H2,1H3,(H,15,16)(H2,13,14,17). The van der Waals surface area contributed by atoms with E-state index in [1.807, 2.05) is 0 Å². The Kier molecular flexibility index (Phi) is 6.37. The second-order valence-corrected chi connectivity index (χ2v) is 3.23. The van der Waals surface area contributed by atoms with Crippen molar-refractivity contribution in [3.05, 3.63) is 0 Å². The number of carbonyl (C=O) groups is 2. The normalized spacial score (nSPS) is 13.2. The second-order valence-electron chi connectivity index (χ2n) is 3.23. The minimum absolute atomic E-state index is 0.395. The molecule has 0 aliphatic carbocycles. The monoisotopic (exact) mass is 276 g/mol. The van der Waals surface area contributed by atoms with Crippen LogP contribution in [0.5, 0.6) is 0 Å². The van der Waals surface area contributed by atoms with Crippen molar-refractivity contribution in [1.82, 2.24) is 10.6 Å². The van der Waals surface area contributed by atoms with E-state index in [9.17, 15) is 27.2 Å². The number of carboxylic acids is 1. The second kappa shape index (κ2) is 6.99. The zero-order valence-electron chi connectivity index (χ0n) is 9.25. The zero-order chi connectivity index (χ0) is 14.3. The highest BCUT2D eigenvalue weighted by atomic mass is 19.3. The summed E-state index contributed by atoms with van der Waals surface area (Å²) in [6.07, 6.45) is -3.92. The third-order valence-electron chi connectivity index (χ3n) is 1.74. The SMILES string of the molecule is COCC(NC(=O)NCC(F)(F)C(F)F)C(=O)O. The number of carbonyl (C=O) groups excluding carboxylic acids is 1. The van der Waals surface area contributed by atoms with Crippen molar-refractivity contribution in [1.29, 1.82) is 0 Å². The highest BCUT2D eigenvalue weighted by Gasteiger charge is 2.41. The summed E-state index contributed by atoms with van der Waals surface area (Å²) in [4.78, 5) is 21.5. The Morgan fingerprint density at radius 3 is 2.33 bits per heavy atom. The summed E-state index contributed by atoms with van der Waals surface area (Å²) < 4.78 is 52.8. The number of hydrogen-bond donors (Lipinski definition) is 3. The number of ether oxygens (including phenoxy) is 1. The Bertz CT molecular complexity index is 301. The Balaban J connectivity index is 4.22. The van der Waals surface area contributed by atoms with E-state index in [0.717, 1.165) is 0 Å². The van der Waals surface area contributed by atoms with Gasteiger partial charge in [0.15, 0.2) is 6.04 Å². The van der Waals surface area contributed by atoms with Gasteiger partial charge in [0.05, 0.1) is 13.2 Å². The number of urea groups is 1. The molecule has 0 fully saturated rings. The van der Waals surface area contributed by atoms with E-state index in [4.69, 9.17) is 5.11 Å². The topological polar surface area (TPSA) is 87.7 Å². The number of methoxy groups -OCH3 is 1. The van der Waals surface area contributed by atoms with Crippen LogP contribution >= 0.6 is 0 Å². The number of alkyl halides is 4. The van der Waals surface area contributed by atoms with Gasteiger partial charge in [-0.05, 0) is 0 Å². The van der Waals surface area contributed by atoms with E-state index in [2.05, 4.69) is 4.74 Å². The molecule has 0 aromatic heterocycles. The van der Waals surface area contributed by atoms with Crippen molar-refractivity contribution in [2.45, 2.75) is 18.4 Å². The van der Waals surface area contributed by atoms with E-state index in [1.165, 1.54) is 12.4 Å². The van der Waals surface area contributed by atoms with Crippen molar-refractivity contribution in [3.63, 3.8) is 0 Å². The lowest BCUT2D eigenvalue weighted by Gasteiger charge is -2.18. The Labute approximate surface area is 99.3 Å². The van der Waals surface area contributed by atoms with Gasteiger partial charge >= 0.3 is 24.3 Å². The number of hydrogen-bond acceptors (Lipinski definition) is 3. The fourth-order valence-corrected chi connectivity index (χ4v) is 0.826. The molecule has 18 heavy (non-hydrogen) atoms. The average molecular weight is 276 g/mol. The predicted octanol–water partition coefficient (Wildman–Crippen LogP) is 0.286. The number of nitrogens with one attached hydrogen (secondary N) is 2. The number of aliphatic carboxylic acids is 1. The molecule has 0 aliphatic rings. The first-order chi connectivity index (χ1) is 8.20. The molecule has 1 atom stereocenters. The Morgan fingerprint density at radius 1 is 1.39 bits per heavy atom. The first kappa shape index (κ1) is 16.4. The molecule has 0 aromatic carbocycles. The number of carboxylic acid groups (broad SMARTS) is 1. The quantitative estimate of drug-likeness (QED) is 0.583. The molecule has 10 heteroatoms. The van der Waals surface area contributed by atoms with Gasteiger partial charge < -0.3 is 20.5 Å². The van der Waals surface area contributed by atoms with Gasteiger partial charge in [0.25, 0.3) is 0 Å². The van der Waals surface area contributed by atoms with Crippen LogP contribution in [0.15, 0.2) is 0 Å². The van der Waals surface area contributed by atoms with Gasteiger partial charge in [-0.15, -0.1) is 0 Å². The predicted molar refractivity (Wildman–Crippen MR) is 50.8 cm³/mol. The number of rotatable bonds is 7. The summed E-state index contributed by atoms with van der Waals surface area (Å²) in [5.41, 5.74) is 0. The van der Waals surface area contributed by atoms with Crippen LogP contribution in [-0.2, 0) is 9.53 Å². The van der Waals surface area contributed by atoms with Crippen LogP contribution in [-0.4, -0.2) is 55.8 Å². The summed E-state index contributed by atoms with van der Waals surface area (Å²) in [5, 5.41) is 11.8. The summed E-state index contributed by atoms with van der Waals surface area (Å²) in [7, 11) is 1.17. The van der Waals surface area contributed by atoms with Crippen LogP contribution in [0.3, 0.4) is 0 Å². The fraction of sp³-hybridized carbons (Fsp3) is 0.750. The Morgan fingerprint density at radius 2 is 1.94 bits per heavy atom. The third-order valence-corrected chi connectivity index (χ3v) is 1.74. The molecular weight excluding hydrogens is 264 g/mol. The first-order valence-corrected chi connectivity index (χ1v) is 4.62. The molecule has 0 aromatic rings. The fourth-order valence-electron chi connectivity index (χ4n) is 0.826. The van der Waals surface area contributed by atoms with Crippen molar-refractivity contribution in [3.8, 4) is 0 Å². The summed E-state index contributed by atoms with van der Waals surface area (Å²) in [5.74, 6) is -5.83. The first-order valence-electron chi connectivity index (χ1n) is 4.62. The molecule has 0 saturated heterocycles. The van der Waals surface area contributed by atoms with Crippen LogP contribution in [0.4, 0.5) is 22.4 Å². The summed E-state index contributed by atoms with van der Waals surface area (Å²) in [6.45, 7) is -2.00. The van der Waals surface area contributed by atoms with Gasteiger partial charge in [0.2, 0.25) is 0 Å². The molecule has 2 amide bonds. The average Bonchev–Trinajstić information content (AvgIpc) is 2.25. The number of halogens is 4. The van der Waals surface area contributed by atoms with E-state index < -0.39 is 43.5 Å². The van der Waals surface area contributed by atoms with Gasteiger partial charge in [0.1, 0.15) is 0 Å². The minimum Gasteiger partial charge on any atom is -0.480 e. The summed E-state index contributed by atoms with van der Waals surface area (Å²) in [6, 6.07) is -2.77.